The van der Waals surface area contributed by atoms with Crippen LogP contribution < -0.4 is 35.4 Å². The van der Waals surface area contributed by atoms with Crippen molar-refractivity contribution >= 4 is 11.8 Å². The van der Waals surface area contributed by atoms with Crippen LogP contribution in [-0.4, -0.2) is 43.3 Å². The van der Waals surface area contributed by atoms with Crippen LogP contribution in [0.3, 0.4) is 0 Å². The maximum absolute atomic E-state index is 10.3. The molecule has 0 aromatic carbocycles. The van der Waals surface area contributed by atoms with Crippen molar-refractivity contribution in [2.75, 3.05) is 33.4 Å². The Morgan fingerprint density at radius 2 is 2.00 bits per heavy atom. The van der Waals surface area contributed by atoms with Gasteiger partial charge >= 0.3 is 19.5 Å². The molecular weight excluding hydrogens is 429 g/mol. The molecule has 0 radical (unpaired) electrons. The third-order valence-corrected chi connectivity index (χ3v) is 3.48. The van der Waals surface area contributed by atoms with E-state index in [1.807, 2.05) is 26.2 Å². The summed E-state index contributed by atoms with van der Waals surface area (Å²) in [6.07, 6.45) is 0.921. The van der Waals surface area contributed by atoms with Crippen LogP contribution in [0.2, 0.25) is 0 Å². The van der Waals surface area contributed by atoms with Gasteiger partial charge in [-0.2, -0.15) is 11.8 Å². The van der Waals surface area contributed by atoms with Crippen LogP contribution in [0.25, 0.3) is 0 Å². The van der Waals surface area contributed by atoms with Gasteiger partial charge < -0.3 is 44.8 Å². The topological polar surface area (TPSA) is 83.6 Å². The van der Waals surface area contributed by atoms with Crippen LogP contribution >= 0.6 is 11.8 Å². The summed E-state index contributed by atoms with van der Waals surface area (Å²) < 4.78 is 5.70. The first-order valence-corrected chi connectivity index (χ1v) is 7.73. The van der Waals surface area contributed by atoms with Crippen LogP contribution in [0.5, 0.6) is 0 Å². The quantitative estimate of drug-likeness (QED) is 0.161. The minimum Gasteiger partial charge on any atom is -1.00 e. The molecule has 0 aliphatic carbocycles. The molecule has 0 aliphatic rings. The molecule has 0 amide bonds. The molecule has 7 nitrogen and oxygen atoms in total. The van der Waals surface area contributed by atoms with Crippen molar-refractivity contribution in [2.45, 2.75) is 12.3 Å². The molecule has 0 aliphatic heterocycles. The number of nitro groups is 1. The summed E-state index contributed by atoms with van der Waals surface area (Å²) in [4.78, 5) is 11.9. The molecule has 2 N–H and O–H groups in total. The number of thioether (sulfide) groups is 1. The third-order valence-electron chi connectivity index (χ3n) is 2.50. The monoisotopic (exact) mass is 448 g/mol. The summed E-state index contributed by atoms with van der Waals surface area (Å²) in [6.45, 7) is 1.44. The SMILES string of the molecule is CNC(=C[N+](=O)[O-])NCCSCc1ccc(CN(C)C)o1.[Cl-].[Cl-].[Zn+2]. The zero-order chi connectivity index (χ0) is 15.7. The maximum Gasteiger partial charge on any atom is 2.00 e. The molecule has 0 saturated carbocycles. The van der Waals surface area contributed by atoms with Gasteiger partial charge in [-0.3, -0.25) is 10.1 Å². The second-order valence-corrected chi connectivity index (χ2v) is 5.77. The molecule has 1 aromatic heterocycles. The minimum atomic E-state index is -0.485. The van der Waals surface area contributed by atoms with E-state index in [2.05, 4.69) is 15.5 Å². The molecule has 24 heavy (non-hydrogen) atoms. The van der Waals surface area contributed by atoms with Crippen molar-refractivity contribution in [2.24, 2.45) is 0 Å². The van der Waals surface area contributed by atoms with Crippen LogP contribution in [0.15, 0.2) is 28.6 Å². The Morgan fingerprint density at radius 1 is 1.38 bits per heavy atom. The Kier molecular flexibility index (Phi) is 18.9. The van der Waals surface area contributed by atoms with E-state index >= 15 is 0 Å². The second-order valence-electron chi connectivity index (χ2n) is 4.66. The summed E-state index contributed by atoms with van der Waals surface area (Å²) in [7, 11) is 5.64. The van der Waals surface area contributed by atoms with Crippen molar-refractivity contribution in [1.29, 1.82) is 0 Å². The van der Waals surface area contributed by atoms with Gasteiger partial charge in [0.2, 0.25) is 0 Å². The summed E-state index contributed by atoms with van der Waals surface area (Å²) >= 11 is 1.72. The van der Waals surface area contributed by atoms with E-state index in [9.17, 15) is 10.1 Å². The predicted octanol–water partition coefficient (Wildman–Crippen LogP) is -4.54. The first-order chi connectivity index (χ1) is 10.0. The van der Waals surface area contributed by atoms with E-state index in [1.165, 1.54) is 0 Å². The number of hydrogen-bond donors (Lipinski definition) is 2. The van der Waals surface area contributed by atoms with E-state index in [-0.39, 0.29) is 44.3 Å². The molecule has 11 heteroatoms. The maximum atomic E-state index is 10.3. The van der Waals surface area contributed by atoms with Crippen molar-refractivity contribution in [3.05, 3.63) is 45.8 Å². The first-order valence-electron chi connectivity index (χ1n) is 6.58. The number of nitrogens with one attached hydrogen (secondary N) is 2. The average Bonchev–Trinajstić information content (AvgIpc) is 2.83. The first kappa shape index (κ1) is 28.3. The van der Waals surface area contributed by atoms with Crippen LogP contribution in [-0.2, 0) is 31.8 Å². The fraction of sp³-hybridized carbons (Fsp3) is 0.538. The van der Waals surface area contributed by atoms with Crippen LogP contribution in [0.1, 0.15) is 11.5 Å². The van der Waals surface area contributed by atoms with Gasteiger partial charge in [0.25, 0.3) is 6.20 Å². The number of furan rings is 1. The smallest absolute Gasteiger partial charge is 1.00 e. The molecule has 0 saturated heterocycles. The fourth-order valence-corrected chi connectivity index (χ4v) is 2.38. The Balaban J connectivity index is -0.00000147. The van der Waals surface area contributed by atoms with Gasteiger partial charge in [0.05, 0.1) is 17.2 Å². The van der Waals surface area contributed by atoms with E-state index < -0.39 is 4.92 Å². The van der Waals surface area contributed by atoms with E-state index in [1.54, 1.807) is 18.8 Å². The molecule has 0 fully saturated rings. The van der Waals surface area contributed by atoms with Gasteiger partial charge in [0.1, 0.15) is 11.5 Å². The van der Waals surface area contributed by atoms with E-state index in [4.69, 9.17) is 4.42 Å². The molecule has 1 aromatic rings. The number of hydrogen-bond acceptors (Lipinski definition) is 7. The van der Waals surface area contributed by atoms with Gasteiger partial charge in [-0.1, -0.05) is 0 Å². The van der Waals surface area contributed by atoms with Gasteiger partial charge in [-0.25, -0.2) is 0 Å². The summed E-state index contributed by atoms with van der Waals surface area (Å²) in [5, 5.41) is 16.1. The third kappa shape index (κ3) is 12.9. The normalized spacial score (nSPS) is 10.2. The Bertz CT molecular complexity index is 490. The van der Waals surface area contributed by atoms with Gasteiger partial charge in [-0.15, -0.1) is 0 Å². The summed E-state index contributed by atoms with van der Waals surface area (Å²) in [6, 6.07) is 3.98. The standard InChI is InChI=1S/C13H22N4O3S.2ClH.Zn/c1-14-13(9-17(18)19)15-6-7-21-10-12-5-4-11(20-12)8-16(2)3;;;/h4-5,9,14-15H,6-8,10H2,1-3H3;2*1H;/q;;;+2/p-2. The summed E-state index contributed by atoms with van der Waals surface area (Å²) in [5.74, 6) is 3.95. The molecule has 1 rings (SSSR count). The van der Waals surface area contributed by atoms with E-state index in [0.29, 0.717) is 12.4 Å². The zero-order valence-electron chi connectivity index (χ0n) is 14.1. The summed E-state index contributed by atoms with van der Waals surface area (Å²) in [5.41, 5.74) is 0. The molecule has 1 heterocycles. The number of nitrogens with zero attached hydrogens (tertiary/aromatic N) is 2. The molecule has 0 unspecified atom stereocenters. The minimum absolute atomic E-state index is 0. The Hall–Kier alpha value is -0.467. The van der Waals surface area contributed by atoms with Gasteiger partial charge in [-0.05, 0) is 26.2 Å². The zero-order valence-corrected chi connectivity index (χ0v) is 19.3. The van der Waals surface area contributed by atoms with Gasteiger partial charge in [0, 0.05) is 19.3 Å². The van der Waals surface area contributed by atoms with Crippen molar-refractivity contribution in [1.82, 2.24) is 15.5 Å². The second kappa shape index (κ2) is 16.0. The number of rotatable bonds is 10. The molecule has 0 spiro atoms. The van der Waals surface area contributed by atoms with Crippen molar-refractivity contribution < 1.29 is 53.6 Å². The molecule has 134 valence electrons. The van der Waals surface area contributed by atoms with Crippen LogP contribution in [0, 0.1) is 10.1 Å². The number of halogens is 2. The molecular formula is C13H22Cl2N4O3SZn. The average molecular weight is 451 g/mol. The predicted molar refractivity (Wildman–Crippen MR) is 84.4 cm³/mol. The van der Waals surface area contributed by atoms with E-state index in [0.717, 1.165) is 35.8 Å². The Morgan fingerprint density at radius 3 is 2.54 bits per heavy atom. The molecule has 0 bridgehead atoms. The Labute approximate surface area is 172 Å². The van der Waals surface area contributed by atoms with Crippen molar-refractivity contribution in [3.63, 3.8) is 0 Å². The fourth-order valence-electron chi connectivity index (χ4n) is 1.63. The largest absolute Gasteiger partial charge is 2.00 e. The van der Waals surface area contributed by atoms with Crippen molar-refractivity contribution in [3.8, 4) is 0 Å². The molecule has 0 atom stereocenters. The van der Waals surface area contributed by atoms with Gasteiger partial charge in [0.15, 0.2) is 5.82 Å². The van der Waals surface area contributed by atoms with Crippen LogP contribution in [0.4, 0.5) is 0 Å².